The number of nitrogens with one attached hydrogen (secondary N) is 1. The van der Waals surface area contributed by atoms with Gasteiger partial charge < -0.3 is 24.3 Å². The monoisotopic (exact) mass is 354 g/mol. The number of methoxy groups -OCH3 is 3. The molecule has 0 spiro atoms. The second-order valence-electron chi connectivity index (χ2n) is 5.44. The molecule has 0 amide bonds. The Hall–Kier alpha value is -3.48. The number of carbonyl (C=O) groups excluding carboxylic acids is 1. The number of nitrogens with zero attached hydrogens (tertiary/aromatic N) is 1. The minimum atomic E-state index is -0.262. The summed E-state index contributed by atoms with van der Waals surface area (Å²) in [7, 11) is 4.48. The molecule has 0 bridgehead atoms. The van der Waals surface area contributed by atoms with Gasteiger partial charge in [-0.3, -0.25) is 4.79 Å². The number of aromatic amines is 1. The minimum absolute atomic E-state index is 0.161. The number of phenolic OH excluding ortho intramolecular Hbond substituents is 1. The number of hydrogen-bond acceptors (Lipinski definition) is 6. The molecule has 0 radical (unpaired) electrons. The lowest BCUT2D eigenvalue weighted by Crippen LogP contribution is -2.04. The summed E-state index contributed by atoms with van der Waals surface area (Å²) < 4.78 is 15.8. The topological polar surface area (TPSA) is 93.7 Å². The average molecular weight is 354 g/mol. The predicted molar refractivity (Wildman–Crippen MR) is 95.2 cm³/mol. The number of phenols is 1. The van der Waals surface area contributed by atoms with Gasteiger partial charge >= 0.3 is 0 Å². The SMILES string of the molecule is COc1cc(C(=O)c2cnc(-c3ccc(O)cc3)[nH]2)cc(OC)c1OC. The molecular weight excluding hydrogens is 336 g/mol. The molecule has 0 aliphatic heterocycles. The number of aromatic hydroxyl groups is 1. The molecule has 0 aliphatic rings. The summed E-state index contributed by atoms with van der Waals surface area (Å²) >= 11 is 0. The lowest BCUT2D eigenvalue weighted by molar-refractivity contribution is 0.103. The Balaban J connectivity index is 1.96. The molecule has 134 valence electrons. The summed E-state index contributed by atoms with van der Waals surface area (Å²) in [6.07, 6.45) is 1.47. The van der Waals surface area contributed by atoms with Crippen molar-refractivity contribution >= 4 is 5.78 Å². The van der Waals surface area contributed by atoms with Crippen molar-refractivity contribution in [1.82, 2.24) is 9.97 Å². The van der Waals surface area contributed by atoms with Crippen molar-refractivity contribution in [2.75, 3.05) is 21.3 Å². The summed E-state index contributed by atoms with van der Waals surface area (Å²) in [5.74, 6) is 1.64. The second kappa shape index (κ2) is 7.18. The molecule has 0 fully saturated rings. The van der Waals surface area contributed by atoms with Crippen LogP contribution in [0.15, 0.2) is 42.6 Å². The zero-order chi connectivity index (χ0) is 18.7. The van der Waals surface area contributed by atoms with Crippen LogP contribution < -0.4 is 14.2 Å². The molecule has 0 aliphatic carbocycles. The standard InChI is InChI=1S/C19H18N2O5/c1-24-15-8-12(9-16(25-2)18(15)26-3)17(23)14-10-20-19(21-14)11-4-6-13(22)7-5-11/h4-10,22H,1-3H3,(H,20,21). The Morgan fingerprint density at radius 3 is 2.15 bits per heavy atom. The van der Waals surface area contributed by atoms with Crippen LogP contribution in [0.1, 0.15) is 16.1 Å². The summed E-state index contributed by atoms with van der Waals surface area (Å²) in [6, 6.07) is 9.70. The number of aromatic nitrogens is 2. The molecule has 1 aromatic heterocycles. The van der Waals surface area contributed by atoms with Crippen LogP contribution in [0.3, 0.4) is 0 Å². The van der Waals surface area contributed by atoms with Gasteiger partial charge in [-0.2, -0.15) is 0 Å². The van der Waals surface area contributed by atoms with Crippen LogP contribution >= 0.6 is 0 Å². The van der Waals surface area contributed by atoms with E-state index in [0.29, 0.717) is 34.3 Å². The highest BCUT2D eigenvalue weighted by atomic mass is 16.5. The molecule has 3 rings (SSSR count). The number of H-pyrrole nitrogens is 1. The molecule has 7 heteroatoms. The van der Waals surface area contributed by atoms with Gasteiger partial charge in [0.2, 0.25) is 11.5 Å². The Kier molecular flexibility index (Phi) is 4.79. The Morgan fingerprint density at radius 2 is 1.62 bits per heavy atom. The number of ketones is 1. The molecule has 0 saturated heterocycles. The summed E-state index contributed by atoms with van der Waals surface area (Å²) in [5.41, 5.74) is 1.45. The molecule has 26 heavy (non-hydrogen) atoms. The zero-order valence-electron chi connectivity index (χ0n) is 14.6. The summed E-state index contributed by atoms with van der Waals surface area (Å²) in [4.78, 5) is 20.0. The molecule has 1 heterocycles. The van der Waals surface area contributed by atoms with Gasteiger partial charge in [-0.25, -0.2) is 4.98 Å². The van der Waals surface area contributed by atoms with Crippen LogP contribution in [0.4, 0.5) is 0 Å². The maximum absolute atomic E-state index is 12.8. The molecule has 0 unspecified atom stereocenters. The Bertz CT molecular complexity index is 906. The number of ether oxygens (including phenoxy) is 3. The van der Waals surface area contributed by atoms with E-state index in [0.717, 1.165) is 5.56 Å². The first kappa shape index (κ1) is 17.3. The number of benzene rings is 2. The van der Waals surface area contributed by atoms with Gasteiger partial charge in [0.25, 0.3) is 0 Å². The smallest absolute Gasteiger partial charge is 0.211 e. The van der Waals surface area contributed by atoms with Crippen molar-refractivity contribution in [3.63, 3.8) is 0 Å². The van der Waals surface area contributed by atoms with Gasteiger partial charge in [0, 0.05) is 11.1 Å². The summed E-state index contributed by atoms with van der Waals surface area (Å²) in [6.45, 7) is 0. The first-order valence-corrected chi connectivity index (χ1v) is 7.76. The number of imidazole rings is 1. The van der Waals surface area contributed by atoms with Crippen LogP contribution in [0.2, 0.25) is 0 Å². The maximum atomic E-state index is 12.8. The van der Waals surface area contributed by atoms with E-state index in [2.05, 4.69) is 9.97 Å². The van der Waals surface area contributed by atoms with E-state index in [4.69, 9.17) is 14.2 Å². The molecule has 0 atom stereocenters. The van der Waals surface area contributed by atoms with E-state index < -0.39 is 0 Å². The van der Waals surface area contributed by atoms with Crippen molar-refractivity contribution in [3.8, 4) is 34.4 Å². The fourth-order valence-electron chi connectivity index (χ4n) is 2.57. The third-order valence-corrected chi connectivity index (χ3v) is 3.89. The fraction of sp³-hybridized carbons (Fsp3) is 0.158. The van der Waals surface area contributed by atoms with Crippen molar-refractivity contribution in [1.29, 1.82) is 0 Å². The van der Waals surface area contributed by atoms with E-state index >= 15 is 0 Å². The van der Waals surface area contributed by atoms with Gasteiger partial charge in [-0.1, -0.05) is 0 Å². The van der Waals surface area contributed by atoms with E-state index in [9.17, 15) is 9.90 Å². The largest absolute Gasteiger partial charge is 0.508 e. The van der Waals surface area contributed by atoms with Crippen molar-refractivity contribution in [3.05, 3.63) is 53.9 Å². The molecule has 2 N–H and O–H groups in total. The van der Waals surface area contributed by atoms with Crippen LogP contribution in [0.5, 0.6) is 23.0 Å². The van der Waals surface area contributed by atoms with E-state index in [1.54, 1.807) is 36.4 Å². The molecule has 7 nitrogen and oxygen atoms in total. The van der Waals surface area contributed by atoms with Crippen LogP contribution in [-0.4, -0.2) is 42.2 Å². The Morgan fingerprint density at radius 1 is 1.00 bits per heavy atom. The van der Waals surface area contributed by atoms with Gasteiger partial charge in [0.1, 0.15) is 17.3 Å². The van der Waals surface area contributed by atoms with Crippen LogP contribution in [0, 0.1) is 0 Å². The lowest BCUT2D eigenvalue weighted by Gasteiger charge is -2.13. The first-order chi connectivity index (χ1) is 12.6. The third-order valence-electron chi connectivity index (χ3n) is 3.89. The quantitative estimate of drug-likeness (QED) is 0.661. The second-order valence-corrected chi connectivity index (χ2v) is 5.44. The fourth-order valence-corrected chi connectivity index (χ4v) is 2.57. The summed E-state index contributed by atoms with van der Waals surface area (Å²) in [5, 5.41) is 9.37. The van der Waals surface area contributed by atoms with Gasteiger partial charge in [0.05, 0.1) is 27.5 Å². The predicted octanol–water partition coefficient (Wildman–Crippen LogP) is 3.04. The zero-order valence-corrected chi connectivity index (χ0v) is 14.6. The normalized spacial score (nSPS) is 10.4. The lowest BCUT2D eigenvalue weighted by atomic mass is 10.1. The van der Waals surface area contributed by atoms with E-state index in [1.165, 1.54) is 27.5 Å². The van der Waals surface area contributed by atoms with Crippen molar-refractivity contribution < 1.29 is 24.1 Å². The molecule has 2 aromatic carbocycles. The number of hydrogen-bond donors (Lipinski definition) is 2. The van der Waals surface area contributed by atoms with Crippen molar-refractivity contribution in [2.24, 2.45) is 0 Å². The maximum Gasteiger partial charge on any atom is 0.211 e. The van der Waals surface area contributed by atoms with E-state index in [-0.39, 0.29) is 11.5 Å². The molecule has 3 aromatic rings. The minimum Gasteiger partial charge on any atom is -0.508 e. The number of carbonyl (C=O) groups is 1. The highest BCUT2D eigenvalue weighted by molar-refractivity contribution is 6.08. The molecular formula is C19H18N2O5. The highest BCUT2D eigenvalue weighted by Gasteiger charge is 2.19. The Labute approximate surface area is 150 Å². The van der Waals surface area contributed by atoms with E-state index in [1.807, 2.05) is 0 Å². The third kappa shape index (κ3) is 3.19. The van der Waals surface area contributed by atoms with Crippen LogP contribution in [-0.2, 0) is 0 Å². The van der Waals surface area contributed by atoms with Crippen LogP contribution in [0.25, 0.3) is 11.4 Å². The highest BCUT2D eigenvalue weighted by Crippen LogP contribution is 2.38. The first-order valence-electron chi connectivity index (χ1n) is 7.76. The van der Waals surface area contributed by atoms with Crippen molar-refractivity contribution in [2.45, 2.75) is 0 Å². The number of rotatable bonds is 6. The molecule has 0 saturated carbocycles. The van der Waals surface area contributed by atoms with Gasteiger partial charge in [-0.05, 0) is 36.4 Å². The van der Waals surface area contributed by atoms with Gasteiger partial charge in [-0.15, -0.1) is 0 Å². The average Bonchev–Trinajstić information content (AvgIpc) is 3.16. The van der Waals surface area contributed by atoms with Gasteiger partial charge in [0.15, 0.2) is 11.5 Å².